The summed E-state index contributed by atoms with van der Waals surface area (Å²) in [6.45, 7) is 3.89. The van der Waals surface area contributed by atoms with Crippen molar-refractivity contribution in [2.45, 2.75) is 115 Å². The third-order valence-corrected chi connectivity index (χ3v) is 16.8. The van der Waals surface area contributed by atoms with Crippen LogP contribution in [0.1, 0.15) is 111 Å². The molecule has 7 atom stereocenters. The first-order valence-electron chi connectivity index (χ1n) is 24.8. The summed E-state index contributed by atoms with van der Waals surface area (Å²) in [5.41, 5.74) is 3.48. The molecule has 3 saturated carbocycles. The van der Waals surface area contributed by atoms with Crippen LogP contribution in [0.3, 0.4) is 0 Å². The summed E-state index contributed by atoms with van der Waals surface area (Å²) in [6, 6.07) is 6.03. The minimum atomic E-state index is -1.23. The normalized spacial score (nSPS) is 29.1. The van der Waals surface area contributed by atoms with Gasteiger partial charge >= 0.3 is 5.97 Å². The minimum absolute atomic E-state index is 0.00391. The van der Waals surface area contributed by atoms with Gasteiger partial charge in [0, 0.05) is 80.4 Å². The van der Waals surface area contributed by atoms with Crippen molar-refractivity contribution in [3.05, 3.63) is 69.1 Å². The molecule has 1 saturated heterocycles. The van der Waals surface area contributed by atoms with E-state index in [1.807, 2.05) is 18.3 Å². The van der Waals surface area contributed by atoms with E-state index >= 15 is 0 Å². The highest BCUT2D eigenvalue weighted by molar-refractivity contribution is 6.11. The average Bonchev–Trinajstić information content (AvgIpc) is 4.11. The number of ketones is 1. The SMILES string of the molecule is CCOC(=O)C1=C(C=O)C2=C3CC(CO)C(=O)C(C3)c3cc4cc[nH]c4cc3CCC(CO)COc3c4c(c(CO)c(c32)O1)OC(C1(O)CC2(CCCC2)CC2CN(CCCOC)CCC21)C4. The number of nitrogens with one attached hydrogen (secondary N) is 1. The number of aldehydes is 1. The Kier molecular flexibility index (Phi) is 12.9. The van der Waals surface area contributed by atoms with Crippen molar-refractivity contribution in [2.75, 3.05) is 59.8 Å². The highest BCUT2D eigenvalue weighted by Crippen LogP contribution is 2.62. The summed E-state index contributed by atoms with van der Waals surface area (Å²) >= 11 is 0. The van der Waals surface area contributed by atoms with Crippen molar-refractivity contribution in [2.24, 2.45) is 29.1 Å². The summed E-state index contributed by atoms with van der Waals surface area (Å²) in [7, 11) is 1.73. The fraction of sp³-hybridized carbons (Fsp3) is 0.604. The molecule has 0 amide bonds. The third kappa shape index (κ3) is 8.02. The van der Waals surface area contributed by atoms with Gasteiger partial charge in [-0.25, -0.2) is 4.79 Å². The molecule has 67 heavy (non-hydrogen) atoms. The predicted octanol–water partition coefficient (Wildman–Crippen LogP) is 5.87. The lowest BCUT2D eigenvalue weighted by molar-refractivity contribution is -0.183. The van der Waals surface area contributed by atoms with E-state index < -0.39 is 42.7 Å². The highest BCUT2D eigenvalue weighted by Gasteiger charge is 2.61. The summed E-state index contributed by atoms with van der Waals surface area (Å²) in [4.78, 5) is 48.0. The van der Waals surface area contributed by atoms with Crippen LogP contribution in [0, 0.1) is 29.1 Å². The van der Waals surface area contributed by atoms with Gasteiger partial charge in [-0.3, -0.25) is 9.59 Å². The molecule has 2 aromatic carbocycles. The van der Waals surface area contributed by atoms with Crippen LogP contribution in [-0.4, -0.2) is 120 Å². The molecule has 0 radical (unpaired) electrons. The Morgan fingerprint density at radius 1 is 1.06 bits per heavy atom. The number of aryl methyl sites for hydroxylation is 1. The lowest BCUT2D eigenvalue weighted by Gasteiger charge is -2.57. The molecular weight excluding hydrogens is 857 g/mol. The van der Waals surface area contributed by atoms with E-state index in [4.69, 9.17) is 23.7 Å². The van der Waals surface area contributed by atoms with Gasteiger partial charge in [0.05, 0.1) is 43.1 Å². The molecule has 360 valence electrons. The number of hydrogen-bond acceptors (Lipinski definition) is 13. The number of fused-ring (bicyclic) bond motifs is 8. The van der Waals surface area contributed by atoms with Gasteiger partial charge in [-0.15, -0.1) is 0 Å². The maximum atomic E-state index is 14.6. The molecule has 1 aromatic heterocycles. The van der Waals surface area contributed by atoms with Gasteiger partial charge in [0.25, 0.3) is 0 Å². The minimum Gasteiger partial charge on any atom is -0.492 e. The van der Waals surface area contributed by atoms with E-state index in [2.05, 4.69) is 16.0 Å². The number of allylic oxidation sites excluding steroid dienone is 3. The highest BCUT2D eigenvalue weighted by atomic mass is 16.6. The Hall–Kier alpha value is -4.57. The van der Waals surface area contributed by atoms with Crippen molar-refractivity contribution in [1.29, 1.82) is 0 Å². The van der Waals surface area contributed by atoms with Gasteiger partial charge < -0.3 is 54.0 Å². The monoisotopic (exact) mass is 922 g/mol. The lowest BCUT2D eigenvalue weighted by Crippen LogP contribution is -2.63. The smallest absolute Gasteiger partial charge is 0.375 e. The van der Waals surface area contributed by atoms with Gasteiger partial charge in [0.15, 0.2) is 6.29 Å². The van der Waals surface area contributed by atoms with Crippen LogP contribution in [0.2, 0.25) is 0 Å². The van der Waals surface area contributed by atoms with Crippen molar-refractivity contribution < 1.29 is 58.5 Å². The number of Topliss-reactive ketones (excluding diaryl/α,β-unsaturated/α-hetero) is 1. The van der Waals surface area contributed by atoms with Gasteiger partial charge in [-0.05, 0) is 130 Å². The van der Waals surface area contributed by atoms with Crippen LogP contribution >= 0.6 is 0 Å². The molecule has 5 heterocycles. The number of aliphatic hydroxyl groups excluding tert-OH is 3. The first-order chi connectivity index (χ1) is 32.6. The van der Waals surface area contributed by atoms with E-state index in [1.165, 1.54) is 0 Å². The van der Waals surface area contributed by atoms with Crippen LogP contribution in [0.25, 0.3) is 16.5 Å². The molecule has 10 rings (SSSR count). The first kappa shape index (κ1) is 46.2. The summed E-state index contributed by atoms with van der Waals surface area (Å²) < 4.78 is 31.5. The van der Waals surface area contributed by atoms with Gasteiger partial charge in [-0.1, -0.05) is 18.4 Å². The van der Waals surface area contributed by atoms with E-state index in [9.17, 15) is 34.8 Å². The zero-order chi connectivity index (χ0) is 46.6. The molecule has 3 aliphatic carbocycles. The molecule has 7 unspecified atom stereocenters. The number of esters is 1. The number of benzene rings is 2. The van der Waals surface area contributed by atoms with Crippen LogP contribution in [0.4, 0.5) is 0 Å². The number of methoxy groups -OCH3 is 1. The number of rotatable bonds is 11. The number of piperidine rings is 1. The second-order valence-corrected chi connectivity index (χ2v) is 20.6. The zero-order valence-electron chi connectivity index (χ0n) is 38.9. The van der Waals surface area contributed by atoms with Gasteiger partial charge in [0.2, 0.25) is 5.76 Å². The Bertz CT molecular complexity index is 2480. The number of carbonyl (C=O) groups is 3. The maximum absolute atomic E-state index is 14.6. The molecule has 1 spiro atoms. The molecule has 5 N–H and O–H groups in total. The maximum Gasteiger partial charge on any atom is 0.375 e. The Labute approximate surface area is 391 Å². The molecular formula is C53H66N2O12. The number of aromatic amines is 1. The summed E-state index contributed by atoms with van der Waals surface area (Å²) in [5.74, 6) is -2.36. The molecule has 14 heteroatoms. The lowest BCUT2D eigenvalue weighted by atomic mass is 9.54. The quantitative estimate of drug-likeness (QED) is 0.0871. The van der Waals surface area contributed by atoms with Gasteiger partial charge in [-0.2, -0.15) is 0 Å². The predicted molar refractivity (Wildman–Crippen MR) is 248 cm³/mol. The second-order valence-electron chi connectivity index (χ2n) is 20.6. The molecule has 14 nitrogen and oxygen atoms in total. The van der Waals surface area contributed by atoms with Crippen molar-refractivity contribution >= 4 is 34.5 Å². The number of ether oxygens (including phenoxy) is 5. The van der Waals surface area contributed by atoms with E-state index in [-0.39, 0.29) is 90.7 Å². The first-order valence-corrected chi connectivity index (χ1v) is 24.8. The van der Waals surface area contributed by atoms with Gasteiger partial charge in [0.1, 0.15) is 34.7 Å². The van der Waals surface area contributed by atoms with Crippen molar-refractivity contribution in [1.82, 2.24) is 9.88 Å². The molecule has 7 aliphatic rings. The van der Waals surface area contributed by atoms with E-state index in [1.54, 1.807) is 14.0 Å². The number of nitrogens with zero attached hydrogens (tertiary/aromatic N) is 1. The number of hydrogen-bond donors (Lipinski definition) is 5. The summed E-state index contributed by atoms with van der Waals surface area (Å²) in [5, 5.41) is 47.8. The summed E-state index contributed by atoms with van der Waals surface area (Å²) in [6.07, 6.45) is 11.0. The Balaban J connectivity index is 1.16. The standard InChI is InChI=1S/C53H66N2O12/c1-3-64-51(61)50-39(26-58)44-33-17-34(25-57)46(60)37(19-33)36-18-32-9-13-54-42(32)20-31(36)8-7-30(24-56)28-65-48-38-21-43(66-47(38)40(27-59)49(67-50)45(44)48)53(62)29-52(11-4-5-12-52)22-35-23-55(14-6-16-63-2)15-10-41(35)53/h9,13,18,20,26,30,34-35,37,41,43,54,56-57,59,62H,3-8,10-12,14-17,19,21-25,27-29H2,1-2H3. The fourth-order valence-corrected chi connectivity index (χ4v) is 13.7. The van der Waals surface area contributed by atoms with Crippen LogP contribution < -0.4 is 14.2 Å². The number of H-pyrrole nitrogens is 1. The Morgan fingerprint density at radius 2 is 1.90 bits per heavy atom. The average molecular weight is 923 g/mol. The number of carbonyl (C=O) groups excluding carboxylic acids is 3. The van der Waals surface area contributed by atoms with Crippen molar-refractivity contribution in [3.63, 3.8) is 0 Å². The molecule has 4 aliphatic heterocycles. The molecule has 2 bridgehead atoms. The molecule has 3 aromatic rings. The zero-order valence-corrected chi connectivity index (χ0v) is 38.9. The van der Waals surface area contributed by atoms with Crippen LogP contribution in [0.5, 0.6) is 17.2 Å². The topological polar surface area (TPSA) is 197 Å². The van der Waals surface area contributed by atoms with Crippen molar-refractivity contribution in [3.8, 4) is 17.2 Å². The van der Waals surface area contributed by atoms with E-state index in [0.717, 1.165) is 86.6 Å². The van der Waals surface area contributed by atoms with E-state index in [0.29, 0.717) is 65.9 Å². The number of likely N-dealkylation sites (tertiary alicyclic amines) is 1. The third-order valence-electron chi connectivity index (χ3n) is 16.8. The van der Waals surface area contributed by atoms with Crippen LogP contribution in [0.15, 0.2) is 41.3 Å². The van der Waals surface area contributed by atoms with Crippen LogP contribution in [-0.2, 0) is 43.3 Å². The molecule has 4 fully saturated rings. The number of aliphatic hydroxyl groups is 4. The largest absolute Gasteiger partial charge is 0.492 e. The fourth-order valence-electron chi connectivity index (χ4n) is 13.7. The number of aromatic nitrogens is 1. The second kappa shape index (κ2) is 18.7. The Morgan fingerprint density at radius 3 is 2.64 bits per heavy atom.